The van der Waals surface area contributed by atoms with Crippen molar-refractivity contribution in [3.63, 3.8) is 0 Å². The lowest BCUT2D eigenvalue weighted by molar-refractivity contribution is -0.393. The third kappa shape index (κ3) is 3.84. The Labute approximate surface area is 113 Å². The number of ether oxygens (including phenoxy) is 2. The normalized spacial score (nSPS) is 12.1. The molecule has 0 aliphatic carbocycles. The predicted octanol–water partition coefficient (Wildman–Crippen LogP) is 1.82. The molecule has 0 bridgehead atoms. The van der Waals surface area contributed by atoms with Crippen LogP contribution in [0.15, 0.2) is 11.0 Å². The Morgan fingerprint density at radius 2 is 2.00 bits per heavy atom. The molecule has 0 N–H and O–H groups in total. The number of pyridine rings is 1. The minimum Gasteiger partial charge on any atom is -0.463 e. The van der Waals surface area contributed by atoms with E-state index in [0.29, 0.717) is 6.07 Å². The van der Waals surface area contributed by atoms with Crippen LogP contribution in [0.5, 0.6) is 11.6 Å². The van der Waals surface area contributed by atoms with E-state index in [1.807, 2.05) is 0 Å². The quantitative estimate of drug-likeness (QED) is 0.468. The van der Waals surface area contributed by atoms with Crippen molar-refractivity contribution in [2.75, 3.05) is 7.11 Å². The van der Waals surface area contributed by atoms with E-state index < -0.39 is 42.7 Å². The Bertz CT molecular complexity index is 647. The van der Waals surface area contributed by atoms with Gasteiger partial charge in [0.25, 0.3) is 9.05 Å². The van der Waals surface area contributed by atoms with Gasteiger partial charge in [0.05, 0.1) is 13.2 Å². The molecule has 1 rings (SSSR count). The van der Waals surface area contributed by atoms with Gasteiger partial charge in [-0.2, -0.15) is 0 Å². The minimum absolute atomic E-state index is 0.469. The molecular formula is C7H4ClF3N2O6S. The number of aromatic nitrogens is 1. The molecule has 8 nitrogen and oxygen atoms in total. The predicted molar refractivity (Wildman–Crippen MR) is 57.2 cm³/mol. The standard InChI is InChI=1S/C7H4ClF3N2O6S/c1-18-4-2-3(20(8,16)17)5(19-7(9,10)11)6(12-4)13(14)15/h2H,1H3. The molecule has 0 saturated carbocycles. The van der Waals surface area contributed by atoms with Crippen LogP contribution in [-0.4, -0.2) is 31.8 Å². The summed E-state index contributed by atoms with van der Waals surface area (Å²) in [5.41, 5.74) is 0. The number of rotatable bonds is 4. The average molecular weight is 337 g/mol. The van der Waals surface area contributed by atoms with E-state index in [4.69, 9.17) is 10.7 Å². The highest BCUT2D eigenvalue weighted by Crippen LogP contribution is 2.39. The maximum atomic E-state index is 12.2. The van der Waals surface area contributed by atoms with Gasteiger partial charge < -0.3 is 19.6 Å². The first kappa shape index (κ1) is 16.2. The highest BCUT2D eigenvalue weighted by atomic mass is 35.7. The first-order chi connectivity index (χ1) is 8.95. The van der Waals surface area contributed by atoms with E-state index in [1.54, 1.807) is 0 Å². The Morgan fingerprint density at radius 3 is 2.35 bits per heavy atom. The molecule has 1 aromatic heterocycles. The van der Waals surface area contributed by atoms with Crippen LogP contribution in [0.3, 0.4) is 0 Å². The second-order valence-electron chi connectivity index (χ2n) is 3.06. The summed E-state index contributed by atoms with van der Waals surface area (Å²) in [6.07, 6.45) is -5.38. The third-order valence-corrected chi connectivity index (χ3v) is 3.09. The molecule has 1 aromatic rings. The van der Waals surface area contributed by atoms with E-state index in [0.717, 1.165) is 7.11 Å². The second kappa shape index (κ2) is 5.28. The van der Waals surface area contributed by atoms with E-state index in [1.165, 1.54) is 0 Å². The Morgan fingerprint density at radius 1 is 1.45 bits per heavy atom. The molecule has 112 valence electrons. The smallest absolute Gasteiger partial charge is 0.463 e. The zero-order chi connectivity index (χ0) is 15.7. The van der Waals surface area contributed by atoms with Crippen LogP contribution in [0.25, 0.3) is 0 Å². The van der Waals surface area contributed by atoms with Crippen molar-refractivity contribution in [3.8, 4) is 11.6 Å². The van der Waals surface area contributed by atoms with E-state index in [9.17, 15) is 31.7 Å². The summed E-state index contributed by atoms with van der Waals surface area (Å²) in [4.78, 5) is 11.1. The van der Waals surface area contributed by atoms with Crippen LogP contribution in [0.1, 0.15) is 0 Å². The first-order valence-electron chi connectivity index (χ1n) is 4.39. The number of hydrogen-bond donors (Lipinski definition) is 0. The molecule has 0 aromatic carbocycles. The number of nitro groups is 1. The molecule has 0 atom stereocenters. The van der Waals surface area contributed by atoms with Gasteiger partial charge >= 0.3 is 18.1 Å². The van der Waals surface area contributed by atoms with E-state index in [-0.39, 0.29) is 0 Å². The minimum atomic E-state index is -5.38. The fourth-order valence-corrected chi connectivity index (χ4v) is 2.04. The molecule has 13 heteroatoms. The van der Waals surface area contributed by atoms with Gasteiger partial charge in [-0.1, -0.05) is 0 Å². The monoisotopic (exact) mass is 336 g/mol. The van der Waals surface area contributed by atoms with E-state index in [2.05, 4.69) is 14.5 Å². The lowest BCUT2D eigenvalue weighted by atomic mass is 10.4. The largest absolute Gasteiger partial charge is 0.573 e. The lowest BCUT2D eigenvalue weighted by Crippen LogP contribution is -2.20. The van der Waals surface area contributed by atoms with Gasteiger partial charge in [0.1, 0.15) is 4.90 Å². The Balaban J connectivity index is 3.70. The number of methoxy groups -OCH3 is 1. The topological polar surface area (TPSA) is 109 Å². The number of alkyl halides is 3. The van der Waals surface area contributed by atoms with Crippen LogP contribution in [0.2, 0.25) is 0 Å². The fraction of sp³-hybridized carbons (Fsp3) is 0.286. The van der Waals surface area contributed by atoms with Crippen molar-refractivity contribution < 1.29 is 36.0 Å². The summed E-state index contributed by atoms with van der Waals surface area (Å²) < 4.78 is 66.7. The molecule has 0 spiro atoms. The molecule has 20 heavy (non-hydrogen) atoms. The molecule has 0 aliphatic heterocycles. The van der Waals surface area contributed by atoms with Crippen molar-refractivity contribution in [3.05, 3.63) is 16.2 Å². The number of hydrogen-bond acceptors (Lipinski definition) is 7. The second-order valence-corrected chi connectivity index (χ2v) is 5.59. The fourth-order valence-electron chi connectivity index (χ4n) is 1.10. The van der Waals surface area contributed by atoms with Crippen molar-refractivity contribution in [2.45, 2.75) is 11.3 Å². The van der Waals surface area contributed by atoms with Gasteiger partial charge in [-0.3, -0.25) is 0 Å². The molecule has 0 fully saturated rings. The molecule has 0 saturated heterocycles. The highest BCUT2D eigenvalue weighted by molar-refractivity contribution is 8.13. The molecule has 0 aliphatic rings. The zero-order valence-corrected chi connectivity index (χ0v) is 10.9. The number of halogens is 4. The van der Waals surface area contributed by atoms with Gasteiger partial charge in [0.2, 0.25) is 5.75 Å². The van der Waals surface area contributed by atoms with Gasteiger partial charge in [-0.25, -0.2) is 8.42 Å². The average Bonchev–Trinajstić information content (AvgIpc) is 2.25. The summed E-state index contributed by atoms with van der Waals surface area (Å²) in [6, 6.07) is 0.469. The van der Waals surface area contributed by atoms with Crippen molar-refractivity contribution in [1.82, 2.24) is 4.98 Å². The molecule has 1 heterocycles. The maximum Gasteiger partial charge on any atom is 0.573 e. The van der Waals surface area contributed by atoms with Gasteiger partial charge in [-0.05, 0) is 4.92 Å². The summed E-state index contributed by atoms with van der Waals surface area (Å²) in [7, 11) is 1.12. The third-order valence-electron chi connectivity index (χ3n) is 1.76. The highest BCUT2D eigenvalue weighted by Gasteiger charge is 2.40. The Hall–Kier alpha value is -1.82. The van der Waals surface area contributed by atoms with Crippen molar-refractivity contribution >= 4 is 25.6 Å². The summed E-state index contributed by atoms with van der Waals surface area (Å²) >= 11 is 0. The Kier molecular flexibility index (Phi) is 4.29. The van der Waals surface area contributed by atoms with Crippen LogP contribution in [-0.2, 0) is 9.05 Å². The molecular weight excluding hydrogens is 333 g/mol. The van der Waals surface area contributed by atoms with Crippen molar-refractivity contribution in [1.29, 1.82) is 0 Å². The molecule has 0 amide bonds. The van der Waals surface area contributed by atoms with Crippen LogP contribution in [0.4, 0.5) is 19.0 Å². The van der Waals surface area contributed by atoms with Gasteiger partial charge in [0, 0.05) is 15.7 Å². The summed E-state index contributed by atoms with van der Waals surface area (Å²) in [5, 5.41) is 10.7. The van der Waals surface area contributed by atoms with Gasteiger partial charge in [-0.15, -0.1) is 13.2 Å². The summed E-state index contributed by atoms with van der Waals surface area (Å²) in [5.74, 6) is -3.76. The molecule has 0 radical (unpaired) electrons. The van der Waals surface area contributed by atoms with E-state index >= 15 is 0 Å². The lowest BCUT2D eigenvalue weighted by Gasteiger charge is -2.11. The van der Waals surface area contributed by atoms with Crippen LogP contribution >= 0.6 is 10.7 Å². The van der Waals surface area contributed by atoms with Crippen LogP contribution in [0, 0.1) is 10.1 Å². The van der Waals surface area contributed by atoms with Crippen molar-refractivity contribution in [2.24, 2.45) is 0 Å². The first-order valence-corrected chi connectivity index (χ1v) is 6.70. The zero-order valence-electron chi connectivity index (χ0n) is 9.34. The number of nitrogens with zero attached hydrogens (tertiary/aromatic N) is 2. The molecule has 0 unspecified atom stereocenters. The van der Waals surface area contributed by atoms with Crippen LogP contribution < -0.4 is 9.47 Å². The SMILES string of the molecule is COc1cc(S(=O)(=O)Cl)c(OC(F)(F)F)c([N+](=O)[O-])n1. The maximum absolute atomic E-state index is 12.2. The summed E-state index contributed by atoms with van der Waals surface area (Å²) in [6.45, 7) is 0. The van der Waals surface area contributed by atoms with Gasteiger partial charge in [0.15, 0.2) is 0 Å².